The Morgan fingerprint density at radius 2 is 2.00 bits per heavy atom. The highest BCUT2D eigenvalue weighted by molar-refractivity contribution is 9.10. The third-order valence-electron chi connectivity index (χ3n) is 3.10. The van der Waals surface area contributed by atoms with E-state index < -0.39 is 5.97 Å². The number of carboxylic acid groups (broad SMARTS) is 1. The topological polar surface area (TPSA) is 59.4 Å². The SMILES string of the molecule is Cc1nc(Oc2ccc(Br)cc2C(C)C)ccc1C(=O)O. The lowest BCUT2D eigenvalue weighted by Crippen LogP contribution is -2.03. The molecular weight excluding hydrogens is 334 g/mol. The molecule has 0 spiro atoms. The molecule has 5 heteroatoms. The second kappa shape index (κ2) is 6.26. The predicted octanol–water partition coefficient (Wildman–Crippen LogP) is 4.77. The van der Waals surface area contributed by atoms with Gasteiger partial charge in [-0.1, -0.05) is 29.8 Å². The van der Waals surface area contributed by atoms with Crippen LogP contribution < -0.4 is 4.74 Å². The molecule has 0 amide bonds. The standard InChI is InChI=1S/C16H16BrNO3/c1-9(2)13-8-11(17)4-6-14(13)21-15-7-5-12(16(19)20)10(3)18-15/h4-9H,1-3H3,(H,19,20). The summed E-state index contributed by atoms with van der Waals surface area (Å²) in [5, 5.41) is 9.01. The molecule has 110 valence electrons. The zero-order valence-corrected chi connectivity index (χ0v) is 13.6. The Kier molecular flexibility index (Phi) is 4.63. The Morgan fingerprint density at radius 1 is 1.29 bits per heavy atom. The van der Waals surface area contributed by atoms with E-state index in [1.807, 2.05) is 18.2 Å². The van der Waals surface area contributed by atoms with Crippen LogP contribution in [0.25, 0.3) is 0 Å². The molecule has 2 rings (SSSR count). The van der Waals surface area contributed by atoms with Gasteiger partial charge >= 0.3 is 5.97 Å². The fourth-order valence-electron chi connectivity index (χ4n) is 2.00. The van der Waals surface area contributed by atoms with Crippen LogP contribution in [0.2, 0.25) is 0 Å². The molecule has 1 aromatic carbocycles. The van der Waals surface area contributed by atoms with E-state index in [4.69, 9.17) is 9.84 Å². The van der Waals surface area contributed by atoms with Gasteiger partial charge in [0.2, 0.25) is 5.88 Å². The van der Waals surface area contributed by atoms with Gasteiger partial charge in [0.05, 0.1) is 11.3 Å². The zero-order valence-electron chi connectivity index (χ0n) is 12.1. The molecule has 0 saturated heterocycles. The van der Waals surface area contributed by atoms with Crippen LogP contribution in [0.1, 0.15) is 41.4 Å². The van der Waals surface area contributed by atoms with E-state index in [-0.39, 0.29) is 5.56 Å². The summed E-state index contributed by atoms with van der Waals surface area (Å²) >= 11 is 3.45. The molecule has 0 radical (unpaired) electrons. The molecule has 0 aliphatic rings. The number of benzene rings is 1. The largest absolute Gasteiger partial charge is 0.478 e. The van der Waals surface area contributed by atoms with Crippen LogP contribution >= 0.6 is 15.9 Å². The molecule has 0 saturated carbocycles. The summed E-state index contributed by atoms with van der Waals surface area (Å²) in [6.07, 6.45) is 0. The van der Waals surface area contributed by atoms with Crippen molar-refractivity contribution in [3.05, 3.63) is 51.6 Å². The van der Waals surface area contributed by atoms with Crippen LogP contribution in [0.3, 0.4) is 0 Å². The Morgan fingerprint density at radius 3 is 2.57 bits per heavy atom. The van der Waals surface area contributed by atoms with Crippen molar-refractivity contribution in [1.29, 1.82) is 0 Å². The van der Waals surface area contributed by atoms with Gasteiger partial charge in [0.25, 0.3) is 0 Å². The fourth-order valence-corrected chi connectivity index (χ4v) is 2.38. The molecule has 2 aromatic rings. The van der Waals surface area contributed by atoms with Gasteiger partial charge in [-0.2, -0.15) is 0 Å². The van der Waals surface area contributed by atoms with Gasteiger partial charge in [-0.15, -0.1) is 0 Å². The molecule has 0 aliphatic carbocycles. The lowest BCUT2D eigenvalue weighted by Gasteiger charge is -2.14. The lowest BCUT2D eigenvalue weighted by atomic mass is 10.0. The van der Waals surface area contributed by atoms with Crippen molar-refractivity contribution in [3.63, 3.8) is 0 Å². The van der Waals surface area contributed by atoms with Gasteiger partial charge in [-0.25, -0.2) is 9.78 Å². The Balaban J connectivity index is 2.34. The van der Waals surface area contributed by atoms with Gasteiger partial charge in [0.1, 0.15) is 5.75 Å². The number of nitrogens with zero attached hydrogens (tertiary/aromatic N) is 1. The first-order valence-electron chi connectivity index (χ1n) is 6.56. The van der Waals surface area contributed by atoms with E-state index >= 15 is 0 Å². The maximum atomic E-state index is 11.0. The molecular formula is C16H16BrNO3. The number of carboxylic acids is 1. The number of ether oxygens (including phenoxy) is 1. The van der Waals surface area contributed by atoms with Gasteiger partial charge in [-0.05, 0) is 42.7 Å². The van der Waals surface area contributed by atoms with Crippen LogP contribution in [0.5, 0.6) is 11.6 Å². The smallest absolute Gasteiger partial charge is 0.337 e. The zero-order chi connectivity index (χ0) is 15.6. The normalized spacial score (nSPS) is 10.7. The lowest BCUT2D eigenvalue weighted by molar-refractivity contribution is 0.0695. The van der Waals surface area contributed by atoms with Crippen molar-refractivity contribution in [2.75, 3.05) is 0 Å². The van der Waals surface area contributed by atoms with Crippen LogP contribution in [0, 0.1) is 6.92 Å². The van der Waals surface area contributed by atoms with Crippen molar-refractivity contribution in [3.8, 4) is 11.6 Å². The highest BCUT2D eigenvalue weighted by atomic mass is 79.9. The Hall–Kier alpha value is -1.88. The maximum absolute atomic E-state index is 11.0. The molecule has 0 bridgehead atoms. The number of carbonyl (C=O) groups is 1. The summed E-state index contributed by atoms with van der Waals surface area (Å²) in [4.78, 5) is 15.2. The van der Waals surface area contributed by atoms with Crippen LogP contribution in [0.15, 0.2) is 34.8 Å². The number of aryl methyl sites for hydroxylation is 1. The molecule has 21 heavy (non-hydrogen) atoms. The summed E-state index contributed by atoms with van der Waals surface area (Å²) < 4.78 is 6.81. The maximum Gasteiger partial charge on any atom is 0.337 e. The molecule has 0 fully saturated rings. The monoisotopic (exact) mass is 349 g/mol. The minimum atomic E-state index is -0.988. The second-order valence-corrected chi connectivity index (χ2v) is 5.94. The number of rotatable bonds is 4. The van der Waals surface area contributed by atoms with Gasteiger partial charge < -0.3 is 9.84 Å². The van der Waals surface area contributed by atoms with E-state index in [9.17, 15) is 4.79 Å². The molecule has 0 unspecified atom stereocenters. The summed E-state index contributed by atoms with van der Waals surface area (Å²) in [6.45, 7) is 5.82. The summed E-state index contributed by atoms with van der Waals surface area (Å²) in [5.41, 5.74) is 1.68. The van der Waals surface area contributed by atoms with Crippen molar-refractivity contribution in [2.24, 2.45) is 0 Å². The fraction of sp³-hybridized carbons (Fsp3) is 0.250. The van der Waals surface area contributed by atoms with Gasteiger partial charge in [0.15, 0.2) is 0 Å². The van der Waals surface area contributed by atoms with E-state index in [1.54, 1.807) is 13.0 Å². The summed E-state index contributed by atoms with van der Waals surface area (Å²) in [6, 6.07) is 8.87. The molecule has 1 heterocycles. The van der Waals surface area contributed by atoms with Gasteiger partial charge in [0, 0.05) is 10.5 Å². The Labute approximate surface area is 131 Å². The van der Waals surface area contributed by atoms with Gasteiger partial charge in [-0.3, -0.25) is 0 Å². The minimum Gasteiger partial charge on any atom is -0.478 e. The number of pyridine rings is 1. The van der Waals surface area contributed by atoms with Crippen molar-refractivity contribution >= 4 is 21.9 Å². The van der Waals surface area contributed by atoms with E-state index in [0.717, 1.165) is 15.8 Å². The molecule has 0 atom stereocenters. The average Bonchev–Trinajstić information content (AvgIpc) is 2.40. The quantitative estimate of drug-likeness (QED) is 0.863. The first-order valence-corrected chi connectivity index (χ1v) is 7.36. The Bertz CT molecular complexity index is 683. The number of aromatic carboxylic acids is 1. The van der Waals surface area contributed by atoms with Crippen molar-refractivity contribution in [2.45, 2.75) is 26.7 Å². The first kappa shape index (κ1) is 15.5. The summed E-state index contributed by atoms with van der Waals surface area (Å²) in [7, 11) is 0. The number of halogens is 1. The molecule has 0 aliphatic heterocycles. The van der Waals surface area contributed by atoms with Crippen LogP contribution in [-0.4, -0.2) is 16.1 Å². The first-order chi connectivity index (χ1) is 9.88. The number of aromatic nitrogens is 1. The van der Waals surface area contributed by atoms with Crippen molar-refractivity contribution < 1.29 is 14.6 Å². The molecule has 1 aromatic heterocycles. The molecule has 1 N–H and O–H groups in total. The van der Waals surface area contributed by atoms with E-state index in [1.165, 1.54) is 6.07 Å². The third-order valence-corrected chi connectivity index (χ3v) is 3.59. The highest BCUT2D eigenvalue weighted by Crippen LogP contribution is 2.32. The summed E-state index contributed by atoms with van der Waals surface area (Å²) in [5.74, 6) is 0.430. The van der Waals surface area contributed by atoms with E-state index in [2.05, 4.69) is 34.8 Å². The minimum absolute atomic E-state index is 0.183. The second-order valence-electron chi connectivity index (χ2n) is 5.03. The number of hydrogen-bond donors (Lipinski definition) is 1. The molecule has 4 nitrogen and oxygen atoms in total. The predicted molar refractivity (Wildman–Crippen MR) is 84.2 cm³/mol. The van der Waals surface area contributed by atoms with E-state index in [0.29, 0.717) is 17.5 Å². The third kappa shape index (κ3) is 3.61. The highest BCUT2D eigenvalue weighted by Gasteiger charge is 2.13. The van der Waals surface area contributed by atoms with Crippen LogP contribution in [-0.2, 0) is 0 Å². The average molecular weight is 350 g/mol. The van der Waals surface area contributed by atoms with Crippen LogP contribution in [0.4, 0.5) is 0 Å². The number of hydrogen-bond acceptors (Lipinski definition) is 3. The van der Waals surface area contributed by atoms with Crippen molar-refractivity contribution in [1.82, 2.24) is 4.98 Å².